The van der Waals surface area contributed by atoms with E-state index in [-0.39, 0.29) is 18.4 Å². The Balaban J connectivity index is 2.29. The van der Waals surface area contributed by atoms with Crippen LogP contribution in [0.25, 0.3) is 0 Å². The van der Waals surface area contributed by atoms with Crippen LogP contribution in [0.2, 0.25) is 5.02 Å². The number of halogens is 2. The maximum absolute atomic E-state index is 12.0. The number of carbonyl (C=O) groups is 2. The summed E-state index contributed by atoms with van der Waals surface area (Å²) in [6, 6.07) is 5.49. The van der Waals surface area contributed by atoms with Crippen molar-refractivity contribution < 1.29 is 9.59 Å². The molecule has 2 rings (SSSR count). The van der Waals surface area contributed by atoms with Crippen molar-refractivity contribution in [3.05, 3.63) is 33.3 Å². The number of nitrogens with one attached hydrogen (secondary N) is 1. The fourth-order valence-corrected chi connectivity index (χ4v) is 2.74. The fourth-order valence-electron chi connectivity index (χ4n) is 2.01. The zero-order valence-corrected chi connectivity index (χ0v) is 13.0. The number of carbonyl (C=O) groups excluding carboxylic acids is 2. The van der Waals surface area contributed by atoms with Gasteiger partial charge < -0.3 is 10.2 Å². The molecule has 2 amide bonds. The van der Waals surface area contributed by atoms with Crippen LogP contribution in [0, 0.1) is 0 Å². The topological polar surface area (TPSA) is 49.4 Å². The Morgan fingerprint density at radius 1 is 1.42 bits per heavy atom. The molecule has 0 aromatic heterocycles. The first kappa shape index (κ1) is 14.3. The summed E-state index contributed by atoms with van der Waals surface area (Å²) in [4.78, 5) is 25.4. The van der Waals surface area contributed by atoms with Gasteiger partial charge in [0.05, 0.1) is 6.54 Å². The van der Waals surface area contributed by atoms with Crippen LogP contribution in [0.1, 0.15) is 19.4 Å². The molecule has 0 aliphatic carbocycles. The second kappa shape index (κ2) is 5.13. The van der Waals surface area contributed by atoms with Gasteiger partial charge in [-0.3, -0.25) is 9.59 Å². The molecular formula is C13H14BrClN2O2. The molecule has 0 unspecified atom stereocenters. The standard InChI is InChI=1S/C13H14BrClN2O2/c1-13(2)12(19)16-6-11(18)17(13)7-8-3-4-9(14)5-10(8)15/h3-5H,6-7H2,1-2H3,(H,16,19). The molecule has 1 heterocycles. The van der Waals surface area contributed by atoms with Crippen LogP contribution in [0.5, 0.6) is 0 Å². The number of hydrogen-bond acceptors (Lipinski definition) is 2. The Labute approximate surface area is 125 Å². The molecule has 1 aliphatic heterocycles. The lowest BCUT2D eigenvalue weighted by Gasteiger charge is -2.41. The highest BCUT2D eigenvalue weighted by atomic mass is 79.9. The summed E-state index contributed by atoms with van der Waals surface area (Å²) in [5, 5.41) is 3.16. The molecule has 1 aliphatic rings. The molecular weight excluding hydrogens is 332 g/mol. The molecule has 102 valence electrons. The minimum Gasteiger partial charge on any atom is -0.345 e. The molecule has 4 nitrogen and oxygen atoms in total. The van der Waals surface area contributed by atoms with Crippen molar-refractivity contribution >= 4 is 39.3 Å². The van der Waals surface area contributed by atoms with E-state index in [9.17, 15) is 9.59 Å². The highest BCUT2D eigenvalue weighted by Crippen LogP contribution is 2.26. The van der Waals surface area contributed by atoms with E-state index >= 15 is 0 Å². The van der Waals surface area contributed by atoms with Crippen LogP contribution in [0.4, 0.5) is 0 Å². The summed E-state index contributed by atoms with van der Waals surface area (Å²) in [6.45, 7) is 3.82. The maximum Gasteiger partial charge on any atom is 0.245 e. The second-order valence-electron chi connectivity index (χ2n) is 4.96. The first-order valence-corrected chi connectivity index (χ1v) is 7.02. The van der Waals surface area contributed by atoms with E-state index in [1.54, 1.807) is 24.8 Å². The van der Waals surface area contributed by atoms with Crippen LogP contribution in [0.15, 0.2) is 22.7 Å². The predicted octanol–water partition coefficient (Wildman–Crippen LogP) is 2.34. The number of amides is 2. The van der Waals surface area contributed by atoms with E-state index in [0.29, 0.717) is 11.6 Å². The van der Waals surface area contributed by atoms with Crippen LogP contribution >= 0.6 is 27.5 Å². The highest BCUT2D eigenvalue weighted by Gasteiger charge is 2.41. The van der Waals surface area contributed by atoms with Gasteiger partial charge in [-0.1, -0.05) is 33.6 Å². The first-order valence-electron chi connectivity index (χ1n) is 5.85. The van der Waals surface area contributed by atoms with E-state index in [1.165, 1.54) is 0 Å². The van der Waals surface area contributed by atoms with Crippen molar-refractivity contribution in [3.63, 3.8) is 0 Å². The number of nitrogens with zero attached hydrogens (tertiary/aromatic N) is 1. The fraction of sp³-hybridized carbons (Fsp3) is 0.385. The van der Waals surface area contributed by atoms with Gasteiger partial charge in [0.25, 0.3) is 0 Å². The number of rotatable bonds is 2. The summed E-state index contributed by atoms with van der Waals surface area (Å²) >= 11 is 9.49. The smallest absolute Gasteiger partial charge is 0.245 e. The van der Waals surface area contributed by atoms with E-state index < -0.39 is 5.54 Å². The summed E-state index contributed by atoms with van der Waals surface area (Å²) in [5.41, 5.74) is -0.0489. The largest absolute Gasteiger partial charge is 0.345 e. The average molecular weight is 346 g/mol. The van der Waals surface area contributed by atoms with Crippen LogP contribution in [-0.4, -0.2) is 28.8 Å². The van der Waals surface area contributed by atoms with E-state index in [0.717, 1.165) is 10.0 Å². The Morgan fingerprint density at radius 3 is 2.74 bits per heavy atom. The molecule has 6 heteroatoms. The lowest BCUT2D eigenvalue weighted by atomic mass is 9.97. The van der Waals surface area contributed by atoms with Crippen LogP contribution in [-0.2, 0) is 16.1 Å². The Morgan fingerprint density at radius 2 is 2.11 bits per heavy atom. The molecule has 1 aromatic rings. The van der Waals surface area contributed by atoms with Gasteiger partial charge in [-0.15, -0.1) is 0 Å². The van der Waals surface area contributed by atoms with E-state index in [4.69, 9.17) is 11.6 Å². The zero-order valence-electron chi connectivity index (χ0n) is 10.7. The third-order valence-corrected chi connectivity index (χ3v) is 4.12. The lowest BCUT2D eigenvalue weighted by Crippen LogP contribution is -2.63. The molecule has 1 aromatic carbocycles. The zero-order chi connectivity index (χ0) is 14.2. The molecule has 0 radical (unpaired) electrons. The van der Waals surface area contributed by atoms with E-state index in [1.807, 2.05) is 12.1 Å². The van der Waals surface area contributed by atoms with Gasteiger partial charge in [-0.05, 0) is 31.5 Å². The summed E-state index contributed by atoms with van der Waals surface area (Å²) < 4.78 is 0.878. The van der Waals surface area contributed by atoms with Crippen LogP contribution < -0.4 is 5.32 Å². The molecule has 0 atom stereocenters. The quantitative estimate of drug-likeness (QED) is 0.894. The Hall–Kier alpha value is -1.07. The normalized spacial score (nSPS) is 18.4. The molecule has 0 saturated carbocycles. The van der Waals surface area contributed by atoms with Gasteiger partial charge in [0.2, 0.25) is 11.8 Å². The van der Waals surface area contributed by atoms with Crippen LogP contribution in [0.3, 0.4) is 0 Å². The molecule has 19 heavy (non-hydrogen) atoms. The third-order valence-electron chi connectivity index (χ3n) is 3.28. The Kier molecular flexibility index (Phi) is 3.87. The molecule has 0 spiro atoms. The van der Waals surface area contributed by atoms with Crippen molar-refractivity contribution in [2.45, 2.75) is 25.9 Å². The van der Waals surface area contributed by atoms with Crippen molar-refractivity contribution in [2.24, 2.45) is 0 Å². The number of piperazine rings is 1. The van der Waals surface area contributed by atoms with Crippen molar-refractivity contribution in [2.75, 3.05) is 6.54 Å². The predicted molar refractivity (Wildman–Crippen MR) is 76.8 cm³/mol. The molecule has 1 N–H and O–H groups in total. The lowest BCUT2D eigenvalue weighted by molar-refractivity contribution is -0.152. The monoisotopic (exact) mass is 344 g/mol. The summed E-state index contributed by atoms with van der Waals surface area (Å²) in [5.74, 6) is -0.260. The first-order chi connectivity index (χ1) is 8.82. The van der Waals surface area contributed by atoms with Gasteiger partial charge in [0.1, 0.15) is 5.54 Å². The van der Waals surface area contributed by atoms with Gasteiger partial charge in [-0.2, -0.15) is 0 Å². The van der Waals surface area contributed by atoms with Crippen molar-refractivity contribution in [3.8, 4) is 0 Å². The maximum atomic E-state index is 12.0. The second-order valence-corrected chi connectivity index (χ2v) is 6.28. The minimum atomic E-state index is -0.869. The van der Waals surface area contributed by atoms with Gasteiger partial charge in [0.15, 0.2) is 0 Å². The van der Waals surface area contributed by atoms with Crippen molar-refractivity contribution in [1.82, 2.24) is 10.2 Å². The number of hydrogen-bond donors (Lipinski definition) is 1. The Bertz CT molecular complexity index is 545. The van der Waals surface area contributed by atoms with Gasteiger partial charge in [-0.25, -0.2) is 0 Å². The van der Waals surface area contributed by atoms with E-state index in [2.05, 4.69) is 21.2 Å². The minimum absolute atomic E-state index is 0.0381. The van der Waals surface area contributed by atoms with Gasteiger partial charge >= 0.3 is 0 Å². The molecule has 1 fully saturated rings. The third kappa shape index (κ3) is 2.77. The SMILES string of the molecule is CC1(C)C(=O)NCC(=O)N1Cc1ccc(Br)cc1Cl. The number of benzene rings is 1. The molecule has 0 bridgehead atoms. The highest BCUT2D eigenvalue weighted by molar-refractivity contribution is 9.10. The summed E-state index contributed by atoms with van der Waals surface area (Å²) in [6.07, 6.45) is 0. The summed E-state index contributed by atoms with van der Waals surface area (Å²) in [7, 11) is 0. The molecule has 1 saturated heterocycles. The van der Waals surface area contributed by atoms with Crippen molar-refractivity contribution in [1.29, 1.82) is 0 Å². The average Bonchev–Trinajstić information content (AvgIpc) is 2.32. The van der Waals surface area contributed by atoms with Gasteiger partial charge in [0, 0.05) is 16.0 Å².